The van der Waals surface area contributed by atoms with Crippen LogP contribution >= 0.6 is 0 Å². The van der Waals surface area contributed by atoms with Crippen molar-refractivity contribution in [2.24, 2.45) is 5.92 Å². The fourth-order valence-corrected chi connectivity index (χ4v) is 2.82. The number of amides is 1. The number of carbonyl (C=O) groups excluding carboxylic acids is 1. The molecule has 0 unspecified atom stereocenters. The maximum Gasteiger partial charge on any atom is 0.224 e. The Kier molecular flexibility index (Phi) is 6.05. The number of nitrogens with one attached hydrogen (secondary N) is 1. The van der Waals surface area contributed by atoms with Crippen LogP contribution in [0.2, 0.25) is 0 Å². The van der Waals surface area contributed by atoms with Crippen LogP contribution < -0.4 is 5.32 Å². The van der Waals surface area contributed by atoms with Crippen molar-refractivity contribution in [3.8, 4) is 6.07 Å². The smallest absolute Gasteiger partial charge is 0.224 e. The Labute approximate surface area is 134 Å². The topological polar surface area (TPSA) is 62.1 Å². The van der Waals surface area contributed by atoms with Gasteiger partial charge in [-0.3, -0.25) is 4.79 Å². The molecule has 23 heavy (non-hydrogen) atoms. The molecule has 1 N–H and O–H groups in total. The van der Waals surface area contributed by atoms with E-state index < -0.39 is 17.7 Å². The summed E-state index contributed by atoms with van der Waals surface area (Å²) in [5, 5.41) is 11.8. The number of hydrogen-bond acceptors (Lipinski definition) is 3. The molecule has 4 nitrogen and oxygen atoms in total. The van der Waals surface area contributed by atoms with E-state index in [-0.39, 0.29) is 23.5 Å². The Hall–Kier alpha value is -2.00. The molecule has 2 rings (SSSR count). The van der Waals surface area contributed by atoms with Crippen molar-refractivity contribution in [3.63, 3.8) is 0 Å². The van der Waals surface area contributed by atoms with Crippen LogP contribution in [0.1, 0.15) is 44.2 Å². The molecule has 1 heterocycles. The Morgan fingerprint density at radius 1 is 1.52 bits per heavy atom. The lowest BCUT2D eigenvalue weighted by molar-refractivity contribution is -0.130. The summed E-state index contributed by atoms with van der Waals surface area (Å²) in [6.45, 7) is 2.56. The molecule has 0 radical (unpaired) electrons. The number of carbonyl (C=O) groups is 1. The van der Waals surface area contributed by atoms with Gasteiger partial charge in [0.2, 0.25) is 5.91 Å². The molecule has 1 aliphatic heterocycles. The highest BCUT2D eigenvalue weighted by Gasteiger charge is 2.29. The third-order valence-electron chi connectivity index (χ3n) is 4.04. The molecule has 0 aliphatic carbocycles. The molecule has 1 aromatic rings. The molecule has 0 saturated carbocycles. The third kappa shape index (κ3) is 4.49. The van der Waals surface area contributed by atoms with Crippen LogP contribution in [0.4, 0.5) is 8.78 Å². The molecule has 6 heteroatoms. The van der Waals surface area contributed by atoms with Gasteiger partial charge in [0.25, 0.3) is 0 Å². The minimum atomic E-state index is -1.13. The van der Waals surface area contributed by atoms with Gasteiger partial charge < -0.3 is 10.1 Å². The van der Waals surface area contributed by atoms with E-state index in [0.29, 0.717) is 25.5 Å². The molecule has 1 aromatic carbocycles. The first-order valence-corrected chi connectivity index (χ1v) is 7.81. The molecule has 0 spiro atoms. The number of ether oxygens (including phenoxy) is 1. The summed E-state index contributed by atoms with van der Waals surface area (Å²) in [6, 6.07) is 3.69. The Morgan fingerprint density at radius 3 is 2.96 bits per heavy atom. The zero-order valence-corrected chi connectivity index (χ0v) is 13.0. The van der Waals surface area contributed by atoms with Gasteiger partial charge in [0.05, 0.1) is 12.2 Å². The largest absolute Gasteiger partial charge is 0.378 e. The summed E-state index contributed by atoms with van der Waals surface area (Å²) in [4.78, 5) is 12.4. The molecule has 1 aliphatic rings. The molecule has 0 aromatic heterocycles. The number of nitrogens with zero attached hydrogens (tertiary/aromatic N) is 1. The Bertz CT molecular complexity index is 599. The standard InChI is InChI=1S/C17H20F2N2O2/c1-2-3-13-8-11(6-7-23-13)17(22)21-16(10-20)14-5-4-12(18)9-15(14)19/h4-5,9,11,13,16H,2-3,6-8H2,1H3,(H,21,22)/t11-,13+,16+/m0/s1. The van der Waals surface area contributed by atoms with Crippen molar-refractivity contribution in [1.29, 1.82) is 5.26 Å². The van der Waals surface area contributed by atoms with Gasteiger partial charge in [-0.15, -0.1) is 0 Å². The van der Waals surface area contributed by atoms with Crippen LogP contribution in [0.5, 0.6) is 0 Å². The number of rotatable bonds is 5. The van der Waals surface area contributed by atoms with E-state index >= 15 is 0 Å². The molecule has 0 bridgehead atoms. The summed E-state index contributed by atoms with van der Waals surface area (Å²) in [6.07, 6.45) is 3.09. The predicted molar refractivity (Wildman–Crippen MR) is 80.2 cm³/mol. The first-order chi connectivity index (χ1) is 11.0. The fourth-order valence-electron chi connectivity index (χ4n) is 2.82. The highest BCUT2D eigenvalue weighted by Crippen LogP contribution is 2.25. The van der Waals surface area contributed by atoms with Crippen molar-refractivity contribution in [1.82, 2.24) is 5.32 Å². The van der Waals surface area contributed by atoms with Crippen LogP contribution in [0, 0.1) is 28.9 Å². The quantitative estimate of drug-likeness (QED) is 0.905. The van der Waals surface area contributed by atoms with E-state index in [1.807, 2.05) is 6.07 Å². The first-order valence-electron chi connectivity index (χ1n) is 7.81. The van der Waals surface area contributed by atoms with Gasteiger partial charge >= 0.3 is 0 Å². The summed E-state index contributed by atoms with van der Waals surface area (Å²) in [5.41, 5.74) is -0.0283. The maximum atomic E-state index is 13.8. The number of benzene rings is 1. The lowest BCUT2D eigenvalue weighted by Gasteiger charge is -2.29. The van der Waals surface area contributed by atoms with Crippen LogP contribution in [0.15, 0.2) is 18.2 Å². The lowest BCUT2D eigenvalue weighted by Crippen LogP contribution is -2.39. The minimum Gasteiger partial charge on any atom is -0.378 e. The van der Waals surface area contributed by atoms with Crippen molar-refractivity contribution >= 4 is 5.91 Å². The number of nitriles is 1. The molecule has 124 valence electrons. The maximum absolute atomic E-state index is 13.8. The van der Waals surface area contributed by atoms with Crippen LogP contribution in [0.3, 0.4) is 0 Å². The average Bonchev–Trinajstić information content (AvgIpc) is 2.53. The number of halogens is 2. The van der Waals surface area contributed by atoms with Gasteiger partial charge in [0.15, 0.2) is 0 Å². The van der Waals surface area contributed by atoms with Gasteiger partial charge in [-0.1, -0.05) is 19.4 Å². The third-order valence-corrected chi connectivity index (χ3v) is 4.04. The molecular weight excluding hydrogens is 302 g/mol. The molecule has 1 amide bonds. The van der Waals surface area contributed by atoms with Crippen molar-refractivity contribution < 1.29 is 18.3 Å². The Balaban J connectivity index is 2.03. The molecule has 3 atom stereocenters. The second kappa shape index (κ2) is 8.02. The van der Waals surface area contributed by atoms with Crippen LogP contribution in [-0.4, -0.2) is 18.6 Å². The van der Waals surface area contributed by atoms with E-state index in [4.69, 9.17) is 4.74 Å². The van der Waals surface area contributed by atoms with E-state index in [2.05, 4.69) is 12.2 Å². The molecular formula is C17H20F2N2O2. The molecule has 1 fully saturated rings. The van der Waals surface area contributed by atoms with Gasteiger partial charge in [0, 0.05) is 24.2 Å². The second-order valence-electron chi connectivity index (χ2n) is 5.74. The van der Waals surface area contributed by atoms with E-state index in [1.54, 1.807) is 0 Å². The van der Waals surface area contributed by atoms with Gasteiger partial charge in [-0.05, 0) is 25.3 Å². The Morgan fingerprint density at radius 2 is 2.30 bits per heavy atom. The van der Waals surface area contributed by atoms with Crippen molar-refractivity contribution in [2.75, 3.05) is 6.61 Å². The van der Waals surface area contributed by atoms with E-state index in [0.717, 1.165) is 18.9 Å². The van der Waals surface area contributed by atoms with Gasteiger partial charge in [0.1, 0.15) is 17.7 Å². The first kappa shape index (κ1) is 17.4. The summed E-state index contributed by atoms with van der Waals surface area (Å²) in [7, 11) is 0. The van der Waals surface area contributed by atoms with Gasteiger partial charge in [-0.2, -0.15) is 5.26 Å². The fraction of sp³-hybridized carbons (Fsp3) is 0.529. The minimum absolute atomic E-state index is 0.0283. The van der Waals surface area contributed by atoms with E-state index in [9.17, 15) is 18.8 Å². The number of hydrogen-bond donors (Lipinski definition) is 1. The lowest BCUT2D eigenvalue weighted by atomic mass is 9.92. The van der Waals surface area contributed by atoms with Gasteiger partial charge in [-0.25, -0.2) is 8.78 Å². The predicted octanol–water partition coefficient (Wildman–Crippen LogP) is 3.24. The zero-order valence-electron chi connectivity index (χ0n) is 13.0. The molecule has 1 saturated heterocycles. The SMILES string of the molecule is CCC[C@@H]1C[C@@H](C(=O)N[C@H](C#N)c2ccc(F)cc2F)CCO1. The normalized spacial score (nSPS) is 22.2. The highest BCUT2D eigenvalue weighted by molar-refractivity contribution is 5.79. The van der Waals surface area contributed by atoms with Crippen molar-refractivity contribution in [2.45, 2.75) is 44.8 Å². The summed E-state index contributed by atoms with van der Waals surface area (Å²) < 4.78 is 32.3. The monoisotopic (exact) mass is 322 g/mol. The summed E-state index contributed by atoms with van der Waals surface area (Å²) in [5.74, 6) is -2.10. The van der Waals surface area contributed by atoms with Crippen LogP contribution in [0.25, 0.3) is 0 Å². The second-order valence-corrected chi connectivity index (χ2v) is 5.74. The average molecular weight is 322 g/mol. The van der Waals surface area contributed by atoms with Crippen molar-refractivity contribution in [3.05, 3.63) is 35.4 Å². The summed E-state index contributed by atoms with van der Waals surface area (Å²) >= 11 is 0. The zero-order chi connectivity index (χ0) is 16.8. The van der Waals surface area contributed by atoms with Crippen LogP contribution in [-0.2, 0) is 9.53 Å². The van der Waals surface area contributed by atoms with E-state index in [1.165, 1.54) is 6.07 Å². The highest BCUT2D eigenvalue weighted by atomic mass is 19.1.